The van der Waals surface area contributed by atoms with Crippen LogP contribution in [0.1, 0.15) is 32.3 Å². The summed E-state index contributed by atoms with van der Waals surface area (Å²) in [6, 6.07) is 4.66. The van der Waals surface area contributed by atoms with E-state index in [0.29, 0.717) is 18.7 Å². The number of anilines is 1. The van der Waals surface area contributed by atoms with Gasteiger partial charge >= 0.3 is 0 Å². The second kappa shape index (κ2) is 7.27. The number of nitro groups is 1. The first-order chi connectivity index (χ1) is 11.2. The number of piperidine rings is 1. The van der Waals surface area contributed by atoms with Crippen molar-refractivity contribution in [3.05, 3.63) is 33.9 Å². The van der Waals surface area contributed by atoms with E-state index in [2.05, 4.69) is 24.1 Å². The standard InChI is InChI=1S/C17H26N4O3/c1-12-4-5-13(21(23)24)10-14(12)19-16(22)7-9-20-8-6-15(18)17(2,3)11-20/h4-5,10,15H,6-9,11,18H2,1-3H3,(H,19,22). The van der Waals surface area contributed by atoms with E-state index in [9.17, 15) is 14.9 Å². The van der Waals surface area contributed by atoms with Gasteiger partial charge in [-0.25, -0.2) is 0 Å². The summed E-state index contributed by atoms with van der Waals surface area (Å²) < 4.78 is 0. The van der Waals surface area contributed by atoms with Crippen LogP contribution in [0.25, 0.3) is 0 Å². The van der Waals surface area contributed by atoms with E-state index in [0.717, 1.165) is 25.1 Å². The first-order valence-corrected chi connectivity index (χ1v) is 8.22. The average molecular weight is 334 g/mol. The molecule has 1 aromatic rings. The Bertz CT molecular complexity index is 630. The highest BCUT2D eigenvalue weighted by Crippen LogP contribution is 2.27. The number of nitrogens with one attached hydrogen (secondary N) is 1. The number of aryl methyl sites for hydroxylation is 1. The fourth-order valence-electron chi connectivity index (χ4n) is 3.01. The number of benzene rings is 1. The third kappa shape index (κ3) is 4.52. The van der Waals surface area contributed by atoms with Crippen molar-refractivity contribution in [1.82, 2.24) is 4.90 Å². The fraction of sp³-hybridized carbons (Fsp3) is 0.588. The normalized spacial score (nSPS) is 20.6. The summed E-state index contributed by atoms with van der Waals surface area (Å²) in [4.78, 5) is 24.8. The molecule has 0 radical (unpaired) electrons. The van der Waals surface area contributed by atoms with Gasteiger partial charge in [0.15, 0.2) is 0 Å². The number of nitrogens with two attached hydrogens (primary N) is 1. The number of non-ortho nitro benzene ring substituents is 1. The van der Waals surface area contributed by atoms with E-state index in [4.69, 9.17) is 5.73 Å². The van der Waals surface area contributed by atoms with E-state index < -0.39 is 4.92 Å². The third-order valence-corrected chi connectivity index (χ3v) is 4.75. The summed E-state index contributed by atoms with van der Waals surface area (Å²) in [7, 11) is 0. The largest absolute Gasteiger partial charge is 0.327 e. The molecule has 0 bridgehead atoms. The summed E-state index contributed by atoms with van der Waals surface area (Å²) >= 11 is 0. The number of carbonyl (C=O) groups excluding carboxylic acids is 1. The van der Waals surface area contributed by atoms with Crippen molar-refractivity contribution in [2.45, 2.75) is 39.7 Å². The van der Waals surface area contributed by atoms with Gasteiger partial charge in [0, 0.05) is 37.7 Å². The van der Waals surface area contributed by atoms with Crippen LogP contribution in [0.15, 0.2) is 18.2 Å². The summed E-state index contributed by atoms with van der Waals surface area (Å²) in [5.74, 6) is -0.133. The van der Waals surface area contributed by atoms with E-state index in [1.54, 1.807) is 6.07 Å². The van der Waals surface area contributed by atoms with Crippen LogP contribution < -0.4 is 11.1 Å². The fourth-order valence-corrected chi connectivity index (χ4v) is 3.01. The van der Waals surface area contributed by atoms with E-state index >= 15 is 0 Å². The maximum atomic E-state index is 12.2. The Morgan fingerprint density at radius 2 is 2.21 bits per heavy atom. The molecule has 1 aliphatic rings. The van der Waals surface area contributed by atoms with Crippen molar-refractivity contribution >= 4 is 17.3 Å². The number of likely N-dealkylation sites (tertiary alicyclic amines) is 1. The molecule has 1 aliphatic heterocycles. The third-order valence-electron chi connectivity index (χ3n) is 4.75. The zero-order valence-electron chi connectivity index (χ0n) is 14.5. The van der Waals surface area contributed by atoms with Crippen LogP contribution in [0, 0.1) is 22.5 Å². The van der Waals surface area contributed by atoms with Gasteiger partial charge in [-0.15, -0.1) is 0 Å². The quantitative estimate of drug-likeness (QED) is 0.635. The van der Waals surface area contributed by atoms with Crippen molar-refractivity contribution in [1.29, 1.82) is 0 Å². The second-order valence-corrected chi connectivity index (χ2v) is 7.21. The Kier molecular flexibility index (Phi) is 5.56. The van der Waals surface area contributed by atoms with Crippen LogP contribution in [-0.4, -0.2) is 41.4 Å². The van der Waals surface area contributed by atoms with E-state index in [-0.39, 0.29) is 23.1 Å². The molecule has 132 valence electrons. The van der Waals surface area contributed by atoms with Crippen LogP contribution in [0.5, 0.6) is 0 Å². The molecule has 24 heavy (non-hydrogen) atoms. The van der Waals surface area contributed by atoms with Crippen molar-refractivity contribution in [3.8, 4) is 0 Å². The molecule has 7 heteroatoms. The lowest BCUT2D eigenvalue weighted by Crippen LogP contribution is -2.52. The topological polar surface area (TPSA) is 102 Å². The molecular weight excluding hydrogens is 308 g/mol. The molecule has 7 nitrogen and oxygen atoms in total. The van der Waals surface area contributed by atoms with Crippen molar-refractivity contribution in [2.24, 2.45) is 11.1 Å². The van der Waals surface area contributed by atoms with Crippen LogP contribution >= 0.6 is 0 Å². The number of amides is 1. The Morgan fingerprint density at radius 1 is 1.50 bits per heavy atom. The molecule has 1 aromatic carbocycles. The summed E-state index contributed by atoms with van der Waals surface area (Å²) in [6.07, 6.45) is 1.28. The minimum atomic E-state index is -0.464. The van der Waals surface area contributed by atoms with Gasteiger partial charge in [-0.1, -0.05) is 19.9 Å². The predicted molar refractivity (Wildman–Crippen MR) is 93.9 cm³/mol. The van der Waals surface area contributed by atoms with Gasteiger partial charge in [0.25, 0.3) is 5.69 Å². The number of nitro benzene ring substituents is 1. The van der Waals surface area contributed by atoms with Gasteiger partial charge in [-0.05, 0) is 30.9 Å². The lowest BCUT2D eigenvalue weighted by atomic mass is 9.79. The zero-order chi connectivity index (χ0) is 17.9. The lowest BCUT2D eigenvalue weighted by molar-refractivity contribution is -0.384. The predicted octanol–water partition coefficient (Wildman–Crippen LogP) is 2.29. The number of carbonyl (C=O) groups is 1. The molecule has 0 aliphatic carbocycles. The molecule has 1 heterocycles. The van der Waals surface area contributed by atoms with Gasteiger partial charge in [-0.2, -0.15) is 0 Å². The number of hydrogen-bond donors (Lipinski definition) is 2. The second-order valence-electron chi connectivity index (χ2n) is 7.21. The highest BCUT2D eigenvalue weighted by molar-refractivity contribution is 5.92. The Labute approximate surface area is 142 Å². The van der Waals surface area contributed by atoms with E-state index in [1.165, 1.54) is 12.1 Å². The molecule has 1 saturated heterocycles. The van der Waals surface area contributed by atoms with Gasteiger partial charge in [-0.3, -0.25) is 14.9 Å². The van der Waals surface area contributed by atoms with Crippen LogP contribution in [0.2, 0.25) is 0 Å². The SMILES string of the molecule is Cc1ccc([N+](=O)[O-])cc1NC(=O)CCN1CCC(N)C(C)(C)C1. The number of hydrogen-bond acceptors (Lipinski definition) is 5. The lowest BCUT2D eigenvalue weighted by Gasteiger charge is -2.42. The summed E-state index contributed by atoms with van der Waals surface area (Å²) in [5, 5.41) is 13.6. The molecule has 0 saturated carbocycles. The first-order valence-electron chi connectivity index (χ1n) is 8.22. The minimum Gasteiger partial charge on any atom is -0.327 e. The highest BCUT2D eigenvalue weighted by Gasteiger charge is 2.33. The molecule has 1 atom stereocenters. The molecule has 1 fully saturated rings. The van der Waals surface area contributed by atoms with Crippen molar-refractivity contribution < 1.29 is 9.72 Å². The molecule has 0 aromatic heterocycles. The first kappa shape index (κ1) is 18.4. The Morgan fingerprint density at radius 3 is 2.83 bits per heavy atom. The maximum absolute atomic E-state index is 12.2. The molecule has 1 amide bonds. The molecule has 0 spiro atoms. The Balaban J connectivity index is 1.90. The van der Waals surface area contributed by atoms with Gasteiger partial charge in [0.05, 0.1) is 10.6 Å². The van der Waals surface area contributed by atoms with Gasteiger partial charge in [0.1, 0.15) is 0 Å². The number of nitrogens with zero attached hydrogens (tertiary/aromatic N) is 2. The zero-order valence-corrected chi connectivity index (χ0v) is 14.5. The van der Waals surface area contributed by atoms with E-state index in [1.807, 2.05) is 6.92 Å². The van der Waals surface area contributed by atoms with Crippen molar-refractivity contribution in [2.75, 3.05) is 25.0 Å². The maximum Gasteiger partial charge on any atom is 0.271 e. The smallest absolute Gasteiger partial charge is 0.271 e. The average Bonchev–Trinajstić information content (AvgIpc) is 2.50. The van der Waals surface area contributed by atoms with Gasteiger partial charge in [0.2, 0.25) is 5.91 Å². The Hall–Kier alpha value is -1.99. The summed E-state index contributed by atoms with van der Waals surface area (Å²) in [6.45, 7) is 8.54. The van der Waals surface area contributed by atoms with Crippen LogP contribution in [0.3, 0.4) is 0 Å². The van der Waals surface area contributed by atoms with Gasteiger partial charge < -0.3 is 16.0 Å². The molecular formula is C17H26N4O3. The minimum absolute atomic E-state index is 0.0253. The molecule has 1 unspecified atom stereocenters. The molecule has 3 N–H and O–H groups in total. The molecule has 2 rings (SSSR count). The summed E-state index contributed by atoms with van der Waals surface area (Å²) in [5.41, 5.74) is 7.45. The van der Waals surface area contributed by atoms with Crippen molar-refractivity contribution in [3.63, 3.8) is 0 Å². The highest BCUT2D eigenvalue weighted by atomic mass is 16.6. The monoisotopic (exact) mass is 334 g/mol. The number of rotatable bonds is 5. The van der Waals surface area contributed by atoms with Crippen LogP contribution in [0.4, 0.5) is 11.4 Å². The van der Waals surface area contributed by atoms with Crippen LogP contribution in [-0.2, 0) is 4.79 Å².